The Labute approximate surface area is 104 Å². The molecule has 0 saturated heterocycles. The molecule has 88 valence electrons. The topological polar surface area (TPSA) is 73.1 Å². The number of nitrogens with zero attached hydrogens (tertiary/aromatic N) is 2. The van der Waals surface area contributed by atoms with Gasteiger partial charge in [0.05, 0.1) is 24.5 Å². The zero-order valence-electron chi connectivity index (χ0n) is 9.14. The van der Waals surface area contributed by atoms with Crippen molar-refractivity contribution in [3.8, 4) is 5.75 Å². The van der Waals surface area contributed by atoms with Crippen LogP contribution in [-0.4, -0.2) is 17.1 Å². The standard InChI is InChI=1S/C11H11ClN4O/c1-17-9-4-7(2-3-8(9)12)16-11-6-14-10(13)5-15-11/h2-6H,1H3,(H2,13,14)(H,15,16). The molecule has 1 heterocycles. The maximum Gasteiger partial charge on any atom is 0.149 e. The third-order valence-corrected chi connectivity index (χ3v) is 2.41. The Morgan fingerprint density at radius 2 is 2.12 bits per heavy atom. The van der Waals surface area contributed by atoms with E-state index in [1.165, 1.54) is 6.20 Å². The number of halogens is 1. The summed E-state index contributed by atoms with van der Waals surface area (Å²) in [6.07, 6.45) is 3.03. The van der Waals surface area contributed by atoms with Gasteiger partial charge in [-0.3, -0.25) is 0 Å². The Morgan fingerprint density at radius 3 is 2.76 bits per heavy atom. The summed E-state index contributed by atoms with van der Waals surface area (Å²) >= 11 is 5.92. The second-order valence-electron chi connectivity index (χ2n) is 3.30. The van der Waals surface area contributed by atoms with Crippen LogP contribution in [0.4, 0.5) is 17.3 Å². The van der Waals surface area contributed by atoms with Crippen molar-refractivity contribution in [2.24, 2.45) is 0 Å². The molecule has 1 aromatic heterocycles. The molecule has 5 nitrogen and oxygen atoms in total. The van der Waals surface area contributed by atoms with Gasteiger partial charge in [0.2, 0.25) is 0 Å². The van der Waals surface area contributed by atoms with Crippen molar-refractivity contribution in [1.82, 2.24) is 9.97 Å². The summed E-state index contributed by atoms with van der Waals surface area (Å²) in [4.78, 5) is 8.01. The number of rotatable bonds is 3. The molecule has 0 amide bonds. The highest BCUT2D eigenvalue weighted by Crippen LogP contribution is 2.28. The Kier molecular flexibility index (Phi) is 3.30. The van der Waals surface area contributed by atoms with Crippen LogP contribution in [0.2, 0.25) is 5.02 Å². The molecule has 2 rings (SSSR count). The van der Waals surface area contributed by atoms with Gasteiger partial charge in [0, 0.05) is 11.8 Å². The maximum atomic E-state index is 5.92. The van der Waals surface area contributed by atoms with Gasteiger partial charge in [-0.1, -0.05) is 11.6 Å². The van der Waals surface area contributed by atoms with Crippen molar-refractivity contribution < 1.29 is 4.74 Å². The maximum absolute atomic E-state index is 5.92. The second kappa shape index (κ2) is 4.88. The number of nitrogen functional groups attached to an aromatic ring is 1. The van der Waals surface area contributed by atoms with Gasteiger partial charge in [-0.25, -0.2) is 9.97 Å². The number of benzene rings is 1. The Hall–Kier alpha value is -2.01. The van der Waals surface area contributed by atoms with Crippen LogP contribution in [0.15, 0.2) is 30.6 Å². The third-order valence-electron chi connectivity index (χ3n) is 2.10. The molecule has 0 aliphatic rings. The first-order chi connectivity index (χ1) is 8.19. The molecule has 0 fully saturated rings. The molecule has 0 aliphatic heterocycles. The average molecular weight is 251 g/mol. The summed E-state index contributed by atoms with van der Waals surface area (Å²) in [5.74, 6) is 1.58. The molecule has 1 aromatic carbocycles. The van der Waals surface area contributed by atoms with E-state index < -0.39 is 0 Å². The number of nitrogens with one attached hydrogen (secondary N) is 1. The van der Waals surface area contributed by atoms with E-state index in [0.29, 0.717) is 22.4 Å². The van der Waals surface area contributed by atoms with Crippen molar-refractivity contribution in [2.45, 2.75) is 0 Å². The number of nitrogens with two attached hydrogens (primary N) is 1. The highest BCUT2D eigenvalue weighted by Gasteiger charge is 2.02. The van der Waals surface area contributed by atoms with Crippen LogP contribution >= 0.6 is 11.6 Å². The van der Waals surface area contributed by atoms with E-state index in [4.69, 9.17) is 22.1 Å². The van der Waals surface area contributed by atoms with E-state index in [1.54, 1.807) is 25.4 Å². The van der Waals surface area contributed by atoms with Gasteiger partial charge in [-0.2, -0.15) is 0 Å². The molecule has 6 heteroatoms. The molecule has 0 atom stereocenters. The fraction of sp³-hybridized carbons (Fsp3) is 0.0909. The highest BCUT2D eigenvalue weighted by molar-refractivity contribution is 6.32. The van der Waals surface area contributed by atoms with Crippen LogP contribution in [0.1, 0.15) is 0 Å². The zero-order chi connectivity index (χ0) is 12.3. The highest BCUT2D eigenvalue weighted by atomic mass is 35.5. The van der Waals surface area contributed by atoms with Crippen LogP contribution in [0.5, 0.6) is 5.75 Å². The first-order valence-corrected chi connectivity index (χ1v) is 5.25. The first-order valence-electron chi connectivity index (χ1n) is 4.87. The lowest BCUT2D eigenvalue weighted by Gasteiger charge is -2.08. The predicted molar refractivity (Wildman–Crippen MR) is 67.7 cm³/mol. The number of aromatic nitrogens is 2. The molecule has 2 aromatic rings. The first kappa shape index (κ1) is 11.5. The van der Waals surface area contributed by atoms with Crippen LogP contribution in [0.3, 0.4) is 0 Å². The largest absolute Gasteiger partial charge is 0.495 e. The lowest BCUT2D eigenvalue weighted by atomic mass is 10.3. The van der Waals surface area contributed by atoms with Crippen LogP contribution < -0.4 is 15.8 Å². The van der Waals surface area contributed by atoms with Gasteiger partial charge in [0.15, 0.2) is 0 Å². The number of methoxy groups -OCH3 is 1. The van der Waals surface area contributed by atoms with Crippen LogP contribution in [-0.2, 0) is 0 Å². The molecule has 0 unspecified atom stereocenters. The summed E-state index contributed by atoms with van der Waals surface area (Å²) < 4.78 is 5.11. The minimum Gasteiger partial charge on any atom is -0.495 e. The molecule has 0 radical (unpaired) electrons. The van der Waals surface area contributed by atoms with Crippen molar-refractivity contribution >= 4 is 28.9 Å². The molecule has 0 aliphatic carbocycles. The van der Waals surface area contributed by atoms with E-state index in [2.05, 4.69) is 15.3 Å². The van der Waals surface area contributed by atoms with Gasteiger partial charge in [-0.05, 0) is 12.1 Å². The summed E-state index contributed by atoms with van der Waals surface area (Å²) in [6.45, 7) is 0. The SMILES string of the molecule is COc1cc(Nc2cnc(N)cn2)ccc1Cl. The quantitative estimate of drug-likeness (QED) is 0.875. The minimum atomic E-state index is 0.379. The van der Waals surface area contributed by atoms with Crippen molar-refractivity contribution in [1.29, 1.82) is 0 Å². The van der Waals surface area contributed by atoms with Crippen LogP contribution in [0.25, 0.3) is 0 Å². The van der Waals surface area contributed by atoms with Gasteiger partial charge in [-0.15, -0.1) is 0 Å². The molecule has 0 spiro atoms. The summed E-state index contributed by atoms with van der Waals surface area (Å²) in [7, 11) is 1.56. The molecule has 3 N–H and O–H groups in total. The fourth-order valence-electron chi connectivity index (χ4n) is 1.29. The summed E-state index contributed by atoms with van der Waals surface area (Å²) in [6, 6.07) is 5.34. The van der Waals surface area contributed by atoms with E-state index in [1.807, 2.05) is 6.07 Å². The summed E-state index contributed by atoms with van der Waals surface area (Å²) in [5.41, 5.74) is 6.26. The molecule has 0 bridgehead atoms. The Bertz CT molecular complexity index is 515. The lowest BCUT2D eigenvalue weighted by Crippen LogP contribution is -1.97. The molecular weight excluding hydrogens is 240 g/mol. The van der Waals surface area contributed by atoms with E-state index in [9.17, 15) is 0 Å². The number of anilines is 3. The van der Waals surface area contributed by atoms with E-state index >= 15 is 0 Å². The lowest BCUT2D eigenvalue weighted by molar-refractivity contribution is 0.415. The Balaban J connectivity index is 2.21. The third kappa shape index (κ3) is 2.76. The van der Waals surface area contributed by atoms with Crippen molar-refractivity contribution in [3.63, 3.8) is 0 Å². The second-order valence-corrected chi connectivity index (χ2v) is 3.71. The smallest absolute Gasteiger partial charge is 0.149 e. The predicted octanol–water partition coefficient (Wildman–Crippen LogP) is 2.46. The van der Waals surface area contributed by atoms with Crippen molar-refractivity contribution in [3.05, 3.63) is 35.6 Å². The summed E-state index contributed by atoms with van der Waals surface area (Å²) in [5, 5.41) is 3.62. The van der Waals surface area contributed by atoms with Gasteiger partial charge >= 0.3 is 0 Å². The van der Waals surface area contributed by atoms with Crippen LogP contribution in [0, 0.1) is 0 Å². The number of ether oxygens (including phenoxy) is 1. The van der Waals surface area contributed by atoms with Gasteiger partial charge < -0.3 is 15.8 Å². The molecule has 0 saturated carbocycles. The zero-order valence-corrected chi connectivity index (χ0v) is 9.90. The number of hydrogen-bond acceptors (Lipinski definition) is 5. The van der Waals surface area contributed by atoms with Gasteiger partial charge in [0.1, 0.15) is 17.4 Å². The minimum absolute atomic E-state index is 0.379. The Morgan fingerprint density at radius 1 is 1.29 bits per heavy atom. The van der Waals surface area contributed by atoms with E-state index in [0.717, 1.165) is 5.69 Å². The molecule has 17 heavy (non-hydrogen) atoms. The monoisotopic (exact) mass is 250 g/mol. The number of hydrogen-bond donors (Lipinski definition) is 2. The average Bonchev–Trinajstić information content (AvgIpc) is 2.34. The van der Waals surface area contributed by atoms with Crippen molar-refractivity contribution in [2.75, 3.05) is 18.2 Å². The van der Waals surface area contributed by atoms with Gasteiger partial charge in [0.25, 0.3) is 0 Å². The molecular formula is C11H11ClN4O. The van der Waals surface area contributed by atoms with E-state index in [-0.39, 0.29) is 0 Å². The normalized spacial score (nSPS) is 10.0. The fourth-order valence-corrected chi connectivity index (χ4v) is 1.48.